The maximum atomic E-state index is 11.3. The van der Waals surface area contributed by atoms with Crippen LogP contribution in [-0.4, -0.2) is 62.9 Å². The van der Waals surface area contributed by atoms with Gasteiger partial charge in [-0.25, -0.2) is 9.59 Å². The van der Waals surface area contributed by atoms with Crippen molar-refractivity contribution in [1.29, 1.82) is 0 Å². The fraction of sp³-hybridized carbons (Fsp3) is 0.692. The predicted molar refractivity (Wildman–Crippen MR) is 73.8 cm³/mol. The van der Waals surface area contributed by atoms with E-state index in [4.69, 9.17) is 14.2 Å². The molecule has 4 atom stereocenters. The quantitative estimate of drug-likeness (QED) is 0.641. The molecule has 0 spiro atoms. The Morgan fingerprint density at radius 3 is 1.95 bits per heavy atom. The highest BCUT2D eigenvalue weighted by Gasteiger charge is 2.29. The minimum atomic E-state index is -0.842. The van der Waals surface area contributed by atoms with Crippen LogP contribution >= 0.6 is 0 Å². The minimum absolute atomic E-state index is 0.203. The van der Waals surface area contributed by atoms with Crippen molar-refractivity contribution >= 4 is 12.2 Å². The van der Waals surface area contributed by atoms with Crippen LogP contribution in [0.25, 0.3) is 0 Å². The van der Waals surface area contributed by atoms with Crippen molar-refractivity contribution in [3.05, 3.63) is 12.2 Å². The summed E-state index contributed by atoms with van der Waals surface area (Å²) in [6.45, 7) is 0. The standard InChI is InChI=1S/C13H22N2O6/c1-14-12(17)20-8-4-5-9(21-13(18)15-2)7-11(19-3)10(16)6-8/h4-5,8-11,16H,6-7H2,1-3H3,(H,14,17)(H,15,18)/b5-4+. The summed E-state index contributed by atoms with van der Waals surface area (Å²) in [5, 5.41) is 14.8. The number of carbonyl (C=O) groups is 2. The molecule has 4 unspecified atom stereocenters. The Bertz CT molecular complexity index is 387. The van der Waals surface area contributed by atoms with Gasteiger partial charge in [-0.15, -0.1) is 0 Å². The van der Waals surface area contributed by atoms with E-state index in [1.807, 2.05) is 0 Å². The molecule has 1 aliphatic carbocycles. The number of carbonyl (C=O) groups excluding carboxylic acids is 2. The third-order valence-corrected chi connectivity index (χ3v) is 3.14. The molecular weight excluding hydrogens is 280 g/mol. The summed E-state index contributed by atoms with van der Waals surface area (Å²) < 4.78 is 15.5. The van der Waals surface area contributed by atoms with Crippen molar-refractivity contribution in [3.63, 3.8) is 0 Å². The summed E-state index contributed by atoms with van der Waals surface area (Å²) in [5.74, 6) is 0. The first kappa shape index (κ1) is 17.3. The van der Waals surface area contributed by atoms with Crippen molar-refractivity contribution in [2.24, 2.45) is 0 Å². The van der Waals surface area contributed by atoms with Gasteiger partial charge in [-0.2, -0.15) is 0 Å². The predicted octanol–water partition coefficient (Wildman–Crippen LogP) is 0.161. The van der Waals surface area contributed by atoms with Gasteiger partial charge in [0, 0.05) is 34.0 Å². The lowest BCUT2D eigenvalue weighted by Crippen LogP contribution is -2.39. The van der Waals surface area contributed by atoms with Gasteiger partial charge in [-0.3, -0.25) is 0 Å². The van der Waals surface area contributed by atoms with Crippen LogP contribution in [0.1, 0.15) is 12.8 Å². The fourth-order valence-corrected chi connectivity index (χ4v) is 2.00. The number of hydrogen-bond acceptors (Lipinski definition) is 6. The van der Waals surface area contributed by atoms with Gasteiger partial charge >= 0.3 is 12.2 Å². The van der Waals surface area contributed by atoms with Crippen LogP contribution in [0.5, 0.6) is 0 Å². The van der Waals surface area contributed by atoms with E-state index in [2.05, 4.69) is 10.6 Å². The number of amides is 2. The number of nitrogens with one attached hydrogen (secondary N) is 2. The molecular formula is C13H22N2O6. The second-order valence-electron chi connectivity index (χ2n) is 4.59. The van der Waals surface area contributed by atoms with Gasteiger partial charge in [0.05, 0.1) is 12.2 Å². The molecule has 0 saturated carbocycles. The largest absolute Gasteiger partial charge is 0.442 e. The summed E-state index contributed by atoms with van der Waals surface area (Å²) >= 11 is 0. The Morgan fingerprint density at radius 1 is 1.05 bits per heavy atom. The number of methoxy groups -OCH3 is 1. The number of hydrogen-bond donors (Lipinski definition) is 3. The molecule has 21 heavy (non-hydrogen) atoms. The number of alkyl carbamates (subject to hydrolysis) is 2. The van der Waals surface area contributed by atoms with Gasteiger partial charge in [0.15, 0.2) is 0 Å². The maximum absolute atomic E-state index is 11.3. The fourth-order valence-electron chi connectivity index (χ4n) is 2.00. The second kappa shape index (κ2) is 8.48. The Hall–Kier alpha value is -1.80. The number of aliphatic hydroxyl groups excluding tert-OH is 1. The zero-order valence-corrected chi connectivity index (χ0v) is 12.4. The van der Waals surface area contributed by atoms with Crippen LogP contribution in [0.3, 0.4) is 0 Å². The number of aliphatic hydroxyl groups is 1. The first-order valence-electron chi connectivity index (χ1n) is 6.66. The van der Waals surface area contributed by atoms with E-state index >= 15 is 0 Å². The average molecular weight is 302 g/mol. The summed E-state index contributed by atoms with van der Waals surface area (Å²) in [6, 6.07) is 0. The summed E-state index contributed by atoms with van der Waals surface area (Å²) in [7, 11) is 4.36. The van der Waals surface area contributed by atoms with Crippen molar-refractivity contribution in [2.75, 3.05) is 21.2 Å². The van der Waals surface area contributed by atoms with Crippen LogP contribution in [-0.2, 0) is 14.2 Å². The lowest BCUT2D eigenvalue weighted by atomic mass is 9.97. The molecule has 3 N–H and O–H groups in total. The molecule has 120 valence electrons. The maximum Gasteiger partial charge on any atom is 0.407 e. The molecule has 2 amide bonds. The first-order valence-corrected chi connectivity index (χ1v) is 6.66. The molecule has 0 aromatic heterocycles. The van der Waals surface area contributed by atoms with E-state index in [9.17, 15) is 14.7 Å². The lowest BCUT2D eigenvalue weighted by Gasteiger charge is -2.29. The lowest BCUT2D eigenvalue weighted by molar-refractivity contribution is -0.0516. The Labute approximate surface area is 123 Å². The molecule has 1 aliphatic rings. The van der Waals surface area contributed by atoms with Gasteiger partial charge in [0.25, 0.3) is 0 Å². The molecule has 0 saturated heterocycles. The summed E-state index contributed by atoms with van der Waals surface area (Å²) in [5.41, 5.74) is 0. The molecule has 0 aromatic carbocycles. The first-order chi connectivity index (χ1) is 9.99. The van der Waals surface area contributed by atoms with E-state index in [-0.39, 0.29) is 6.42 Å². The minimum Gasteiger partial charge on any atom is -0.442 e. The second-order valence-corrected chi connectivity index (χ2v) is 4.59. The SMILES string of the molecule is CNC(=O)OC1/C=C/C(OC(=O)NC)CC(OC)C(O)C1. The van der Waals surface area contributed by atoms with Crippen molar-refractivity contribution in [3.8, 4) is 0 Å². The zero-order valence-electron chi connectivity index (χ0n) is 12.4. The molecule has 0 bridgehead atoms. The van der Waals surface area contributed by atoms with Crippen molar-refractivity contribution in [2.45, 2.75) is 37.3 Å². The third kappa shape index (κ3) is 5.60. The third-order valence-electron chi connectivity index (χ3n) is 3.14. The highest BCUT2D eigenvalue weighted by atomic mass is 16.6. The van der Waals surface area contributed by atoms with E-state index in [0.717, 1.165) is 0 Å². The number of ether oxygens (including phenoxy) is 3. The molecule has 0 fully saturated rings. The Balaban J connectivity index is 2.81. The van der Waals surface area contributed by atoms with Crippen molar-refractivity contribution in [1.82, 2.24) is 10.6 Å². The monoisotopic (exact) mass is 302 g/mol. The molecule has 0 radical (unpaired) electrons. The van der Waals surface area contributed by atoms with Crippen LogP contribution in [0.15, 0.2) is 12.2 Å². The van der Waals surface area contributed by atoms with Crippen molar-refractivity contribution < 1.29 is 28.9 Å². The Morgan fingerprint density at radius 2 is 1.52 bits per heavy atom. The van der Waals surface area contributed by atoms with E-state index in [0.29, 0.717) is 6.42 Å². The molecule has 8 heteroatoms. The van der Waals surface area contributed by atoms with Gasteiger partial charge < -0.3 is 30.0 Å². The van der Waals surface area contributed by atoms with E-state index in [1.54, 1.807) is 12.2 Å². The van der Waals surface area contributed by atoms with Gasteiger partial charge in [0.1, 0.15) is 12.2 Å². The van der Waals surface area contributed by atoms with Crippen LogP contribution < -0.4 is 10.6 Å². The highest BCUT2D eigenvalue weighted by Crippen LogP contribution is 2.20. The van der Waals surface area contributed by atoms with E-state index in [1.165, 1.54) is 21.2 Å². The van der Waals surface area contributed by atoms with E-state index < -0.39 is 36.6 Å². The normalized spacial score (nSPS) is 30.5. The molecule has 0 heterocycles. The average Bonchev–Trinajstić information content (AvgIpc) is 2.47. The Kier molecular flexibility index (Phi) is 6.97. The highest BCUT2D eigenvalue weighted by molar-refractivity contribution is 5.67. The van der Waals surface area contributed by atoms with Gasteiger partial charge in [-0.05, 0) is 12.2 Å². The topological polar surface area (TPSA) is 106 Å². The van der Waals surface area contributed by atoms with Crippen LogP contribution in [0, 0.1) is 0 Å². The number of rotatable bonds is 3. The van der Waals surface area contributed by atoms with Gasteiger partial charge in [-0.1, -0.05) is 0 Å². The molecule has 8 nitrogen and oxygen atoms in total. The molecule has 0 aromatic rings. The molecule has 0 aliphatic heterocycles. The van der Waals surface area contributed by atoms with Crippen LogP contribution in [0.4, 0.5) is 9.59 Å². The summed E-state index contributed by atoms with van der Waals surface area (Å²) in [4.78, 5) is 22.6. The molecule has 1 rings (SSSR count). The van der Waals surface area contributed by atoms with Gasteiger partial charge in [0.2, 0.25) is 0 Å². The summed E-state index contributed by atoms with van der Waals surface area (Å²) in [6.07, 6.45) is -0.0316. The zero-order chi connectivity index (χ0) is 15.8. The smallest absolute Gasteiger partial charge is 0.407 e. The van der Waals surface area contributed by atoms with Crippen LogP contribution in [0.2, 0.25) is 0 Å².